The van der Waals surface area contributed by atoms with Crippen LogP contribution in [0.3, 0.4) is 0 Å². The topological polar surface area (TPSA) is 65.5 Å². The highest BCUT2D eigenvalue weighted by Gasteiger charge is 2.06. The minimum atomic E-state index is -0.428. The highest BCUT2D eigenvalue weighted by atomic mass is 19.1. The Morgan fingerprint density at radius 1 is 1.08 bits per heavy atom. The molecule has 2 rings (SSSR count). The van der Waals surface area contributed by atoms with E-state index < -0.39 is 5.82 Å². The number of benzene rings is 2. The predicted molar refractivity (Wildman–Crippen MR) is 89.6 cm³/mol. The van der Waals surface area contributed by atoms with Gasteiger partial charge in [-0.15, -0.1) is 0 Å². The van der Waals surface area contributed by atoms with Gasteiger partial charge < -0.3 is 16.0 Å². The standard InChI is InChI=1S/C17H18F2N4O/c1-20-17(21-10-12-5-2-3-8-15(12)19)22-11-16(24)23-14-7-4-6-13(18)9-14/h2-9H,10-11H2,1H3,(H,23,24)(H2,20,21,22). The summed E-state index contributed by atoms with van der Waals surface area (Å²) in [6.45, 7) is 0.172. The van der Waals surface area contributed by atoms with E-state index in [4.69, 9.17) is 0 Å². The first kappa shape index (κ1) is 17.4. The first-order chi connectivity index (χ1) is 11.6. The molecule has 2 aromatic carbocycles. The van der Waals surface area contributed by atoms with Gasteiger partial charge in [-0.1, -0.05) is 24.3 Å². The molecule has 0 aromatic heterocycles. The number of anilines is 1. The zero-order valence-corrected chi connectivity index (χ0v) is 13.1. The van der Waals surface area contributed by atoms with Crippen LogP contribution < -0.4 is 16.0 Å². The van der Waals surface area contributed by atoms with Gasteiger partial charge in [-0.25, -0.2) is 8.78 Å². The Morgan fingerprint density at radius 2 is 1.88 bits per heavy atom. The van der Waals surface area contributed by atoms with Gasteiger partial charge in [0.25, 0.3) is 0 Å². The summed E-state index contributed by atoms with van der Waals surface area (Å²) >= 11 is 0. The van der Waals surface area contributed by atoms with Crippen LogP contribution in [0.5, 0.6) is 0 Å². The molecule has 24 heavy (non-hydrogen) atoms. The van der Waals surface area contributed by atoms with Crippen LogP contribution in [0.25, 0.3) is 0 Å². The molecule has 0 saturated heterocycles. The molecule has 2 aromatic rings. The monoisotopic (exact) mass is 332 g/mol. The molecular weight excluding hydrogens is 314 g/mol. The van der Waals surface area contributed by atoms with Crippen molar-refractivity contribution in [2.45, 2.75) is 6.54 Å². The molecular formula is C17H18F2N4O. The van der Waals surface area contributed by atoms with Crippen LogP contribution in [0.1, 0.15) is 5.56 Å². The van der Waals surface area contributed by atoms with E-state index in [-0.39, 0.29) is 24.8 Å². The van der Waals surface area contributed by atoms with Gasteiger partial charge in [0, 0.05) is 24.8 Å². The third-order valence-electron chi connectivity index (χ3n) is 3.15. The van der Waals surface area contributed by atoms with E-state index in [9.17, 15) is 13.6 Å². The van der Waals surface area contributed by atoms with Crippen molar-refractivity contribution in [2.24, 2.45) is 4.99 Å². The lowest BCUT2D eigenvalue weighted by Gasteiger charge is -2.12. The summed E-state index contributed by atoms with van der Waals surface area (Å²) in [6, 6.07) is 12.0. The Morgan fingerprint density at radius 3 is 2.58 bits per heavy atom. The Hall–Kier alpha value is -2.96. The van der Waals surface area contributed by atoms with Crippen LogP contribution in [0, 0.1) is 11.6 Å². The number of rotatable bonds is 5. The van der Waals surface area contributed by atoms with Gasteiger partial charge in [0.2, 0.25) is 5.91 Å². The molecule has 0 saturated carbocycles. The van der Waals surface area contributed by atoms with Gasteiger partial charge in [0.15, 0.2) is 5.96 Å². The van der Waals surface area contributed by atoms with Crippen LogP contribution in [0.4, 0.5) is 14.5 Å². The van der Waals surface area contributed by atoms with Gasteiger partial charge in [0.05, 0.1) is 6.54 Å². The van der Waals surface area contributed by atoms with Gasteiger partial charge in [0.1, 0.15) is 11.6 Å². The molecule has 0 fully saturated rings. The molecule has 0 unspecified atom stereocenters. The van der Waals surface area contributed by atoms with E-state index >= 15 is 0 Å². The van der Waals surface area contributed by atoms with Crippen LogP contribution in [0.15, 0.2) is 53.5 Å². The summed E-state index contributed by atoms with van der Waals surface area (Å²) in [5.74, 6) is -0.741. The van der Waals surface area contributed by atoms with E-state index in [1.807, 2.05) is 0 Å². The molecule has 3 N–H and O–H groups in total. The maximum absolute atomic E-state index is 13.5. The maximum Gasteiger partial charge on any atom is 0.243 e. The Balaban J connectivity index is 1.81. The van der Waals surface area contributed by atoms with Crippen molar-refractivity contribution in [1.82, 2.24) is 10.6 Å². The largest absolute Gasteiger partial charge is 0.352 e. The summed E-state index contributed by atoms with van der Waals surface area (Å²) in [5.41, 5.74) is 0.862. The van der Waals surface area contributed by atoms with Crippen LogP contribution in [-0.4, -0.2) is 25.5 Å². The molecule has 0 radical (unpaired) electrons. The van der Waals surface area contributed by atoms with Crippen molar-refractivity contribution in [3.63, 3.8) is 0 Å². The normalized spacial score (nSPS) is 11.0. The number of carbonyl (C=O) groups is 1. The minimum Gasteiger partial charge on any atom is -0.352 e. The fourth-order valence-corrected chi connectivity index (χ4v) is 1.98. The lowest BCUT2D eigenvalue weighted by Crippen LogP contribution is -2.41. The zero-order valence-electron chi connectivity index (χ0n) is 13.1. The van der Waals surface area contributed by atoms with Gasteiger partial charge in [-0.05, 0) is 24.3 Å². The molecule has 0 atom stereocenters. The smallest absolute Gasteiger partial charge is 0.243 e. The maximum atomic E-state index is 13.5. The highest BCUT2D eigenvalue weighted by molar-refractivity contribution is 5.94. The fourth-order valence-electron chi connectivity index (χ4n) is 1.98. The number of nitrogens with zero attached hydrogens (tertiary/aromatic N) is 1. The predicted octanol–water partition coefficient (Wildman–Crippen LogP) is 2.27. The van der Waals surface area contributed by atoms with Crippen LogP contribution >= 0.6 is 0 Å². The van der Waals surface area contributed by atoms with Gasteiger partial charge in [-0.2, -0.15) is 0 Å². The number of halogens is 2. The van der Waals surface area contributed by atoms with E-state index in [0.717, 1.165) is 0 Å². The van der Waals surface area contributed by atoms with Crippen molar-refractivity contribution in [1.29, 1.82) is 0 Å². The third kappa shape index (κ3) is 5.35. The number of nitrogens with one attached hydrogen (secondary N) is 3. The molecule has 7 heteroatoms. The van der Waals surface area contributed by atoms with Crippen molar-refractivity contribution in [3.8, 4) is 0 Å². The average Bonchev–Trinajstić information content (AvgIpc) is 2.56. The summed E-state index contributed by atoms with van der Waals surface area (Å²) < 4.78 is 26.6. The first-order valence-corrected chi connectivity index (χ1v) is 7.32. The molecule has 0 spiro atoms. The second-order valence-corrected chi connectivity index (χ2v) is 4.93. The quantitative estimate of drug-likeness (QED) is 0.581. The highest BCUT2D eigenvalue weighted by Crippen LogP contribution is 2.08. The summed E-state index contributed by atoms with van der Waals surface area (Å²) in [4.78, 5) is 15.8. The van der Waals surface area contributed by atoms with Crippen LogP contribution in [0.2, 0.25) is 0 Å². The van der Waals surface area contributed by atoms with E-state index in [1.54, 1.807) is 31.3 Å². The summed E-state index contributed by atoms with van der Waals surface area (Å²) in [6.07, 6.45) is 0. The number of amides is 1. The van der Waals surface area contributed by atoms with Crippen LogP contribution in [-0.2, 0) is 11.3 Å². The molecule has 5 nitrogen and oxygen atoms in total. The SMILES string of the molecule is CN=C(NCC(=O)Nc1cccc(F)c1)NCc1ccccc1F. The van der Waals surface area contributed by atoms with Crippen molar-refractivity contribution < 1.29 is 13.6 Å². The Bertz CT molecular complexity index is 734. The molecule has 0 heterocycles. The molecule has 0 aliphatic carbocycles. The minimum absolute atomic E-state index is 0.0620. The second-order valence-electron chi connectivity index (χ2n) is 4.93. The Labute approximate surface area is 138 Å². The molecule has 0 aliphatic heterocycles. The van der Waals surface area contributed by atoms with Crippen molar-refractivity contribution >= 4 is 17.6 Å². The number of aliphatic imine (C=N–C) groups is 1. The average molecular weight is 332 g/mol. The number of guanidine groups is 1. The third-order valence-corrected chi connectivity index (χ3v) is 3.15. The zero-order chi connectivity index (χ0) is 17.4. The Kier molecular flexibility index (Phi) is 6.24. The van der Waals surface area contributed by atoms with E-state index in [1.165, 1.54) is 24.3 Å². The van der Waals surface area contributed by atoms with E-state index in [2.05, 4.69) is 20.9 Å². The fraction of sp³-hybridized carbons (Fsp3) is 0.176. The van der Waals surface area contributed by atoms with Crippen molar-refractivity contribution in [2.75, 3.05) is 18.9 Å². The van der Waals surface area contributed by atoms with Crippen molar-refractivity contribution in [3.05, 3.63) is 65.7 Å². The first-order valence-electron chi connectivity index (χ1n) is 7.32. The second kappa shape index (κ2) is 8.61. The molecule has 126 valence electrons. The van der Waals surface area contributed by atoms with Gasteiger partial charge >= 0.3 is 0 Å². The number of hydrogen-bond donors (Lipinski definition) is 3. The molecule has 0 aliphatic rings. The lowest BCUT2D eigenvalue weighted by molar-refractivity contribution is -0.115. The van der Waals surface area contributed by atoms with Gasteiger partial charge in [-0.3, -0.25) is 9.79 Å². The number of hydrogen-bond acceptors (Lipinski definition) is 2. The summed E-state index contributed by atoms with van der Waals surface area (Å²) in [5, 5.41) is 8.28. The lowest BCUT2D eigenvalue weighted by atomic mass is 10.2. The summed E-state index contributed by atoms with van der Waals surface area (Å²) in [7, 11) is 1.54. The van der Waals surface area contributed by atoms with E-state index in [0.29, 0.717) is 17.2 Å². The molecule has 0 bridgehead atoms. The molecule has 1 amide bonds. The number of carbonyl (C=O) groups excluding carboxylic acids is 1.